The third-order valence-electron chi connectivity index (χ3n) is 5.57. The lowest BCUT2D eigenvalue weighted by Gasteiger charge is -2.32. The van der Waals surface area contributed by atoms with E-state index in [4.69, 9.17) is 9.73 Å². The number of hydrogen-bond donors (Lipinski definition) is 1. The molecule has 2 aliphatic heterocycles. The number of benzene rings is 1. The molecule has 1 atom stereocenters. The van der Waals surface area contributed by atoms with Gasteiger partial charge >= 0.3 is 0 Å². The van der Waals surface area contributed by atoms with Gasteiger partial charge < -0.3 is 19.5 Å². The molecule has 2 fully saturated rings. The van der Waals surface area contributed by atoms with Crippen LogP contribution in [-0.2, 0) is 11.3 Å². The minimum absolute atomic E-state index is 0. The van der Waals surface area contributed by atoms with Crippen molar-refractivity contribution < 1.29 is 9.13 Å². The zero-order valence-electron chi connectivity index (χ0n) is 17.3. The zero-order valence-corrected chi connectivity index (χ0v) is 19.7. The van der Waals surface area contributed by atoms with Gasteiger partial charge in [-0.2, -0.15) is 0 Å². The highest BCUT2D eigenvalue weighted by Crippen LogP contribution is 2.18. The van der Waals surface area contributed by atoms with Crippen LogP contribution in [0.25, 0.3) is 5.69 Å². The molecule has 7 nitrogen and oxygen atoms in total. The first-order chi connectivity index (χ1) is 14.2. The summed E-state index contributed by atoms with van der Waals surface area (Å²) in [6, 6.07) is 5.81. The number of nitrogens with zero attached hydrogens (tertiary/aromatic N) is 5. The first kappa shape index (κ1) is 23.0. The van der Waals surface area contributed by atoms with Crippen molar-refractivity contribution in [1.82, 2.24) is 24.7 Å². The number of rotatable bonds is 5. The van der Waals surface area contributed by atoms with E-state index >= 15 is 0 Å². The Morgan fingerprint density at radius 3 is 2.83 bits per heavy atom. The molecule has 0 amide bonds. The van der Waals surface area contributed by atoms with Crippen LogP contribution in [0, 0.1) is 5.82 Å². The number of hydrogen-bond acceptors (Lipinski definition) is 4. The Morgan fingerprint density at radius 2 is 2.13 bits per heavy atom. The first-order valence-corrected chi connectivity index (χ1v) is 10.4. The third kappa shape index (κ3) is 5.50. The molecule has 164 valence electrons. The van der Waals surface area contributed by atoms with Crippen molar-refractivity contribution in [2.75, 3.05) is 45.9 Å². The van der Waals surface area contributed by atoms with E-state index in [0.29, 0.717) is 18.3 Å². The van der Waals surface area contributed by atoms with E-state index in [1.165, 1.54) is 0 Å². The Hall–Kier alpha value is -1.72. The molecule has 1 N–H and O–H groups in total. The summed E-state index contributed by atoms with van der Waals surface area (Å²) < 4.78 is 21.6. The molecule has 1 aromatic carbocycles. The molecule has 9 heteroatoms. The first-order valence-electron chi connectivity index (χ1n) is 10.4. The van der Waals surface area contributed by atoms with E-state index in [9.17, 15) is 4.39 Å². The Labute approximate surface area is 194 Å². The third-order valence-corrected chi connectivity index (χ3v) is 5.57. The lowest BCUT2D eigenvalue weighted by atomic mass is 10.2. The summed E-state index contributed by atoms with van der Waals surface area (Å²) in [4.78, 5) is 13.6. The van der Waals surface area contributed by atoms with E-state index in [-0.39, 0.29) is 29.8 Å². The summed E-state index contributed by atoms with van der Waals surface area (Å²) >= 11 is 0. The van der Waals surface area contributed by atoms with E-state index < -0.39 is 0 Å². The maximum Gasteiger partial charge on any atom is 0.194 e. The summed E-state index contributed by atoms with van der Waals surface area (Å²) in [5, 5.41) is 3.39. The van der Waals surface area contributed by atoms with Gasteiger partial charge in [-0.1, -0.05) is 6.07 Å². The normalized spacial score (nSPS) is 20.3. The number of halogens is 2. The van der Waals surface area contributed by atoms with Crippen molar-refractivity contribution >= 4 is 29.9 Å². The van der Waals surface area contributed by atoms with Crippen molar-refractivity contribution in [3.63, 3.8) is 0 Å². The van der Waals surface area contributed by atoms with Crippen LogP contribution in [0.5, 0.6) is 0 Å². The van der Waals surface area contributed by atoms with Gasteiger partial charge in [0.25, 0.3) is 0 Å². The molecule has 0 aliphatic carbocycles. The second-order valence-corrected chi connectivity index (χ2v) is 7.46. The SMILES string of the molecule is CCNC(=NCc1ccc(-n2ccnc2)c(F)c1)N1CCC(N2CCOCC2)C1.I. The number of ether oxygens (including phenoxy) is 1. The van der Waals surface area contributed by atoms with Crippen LogP contribution in [0.1, 0.15) is 18.9 Å². The predicted octanol–water partition coefficient (Wildman–Crippen LogP) is 2.50. The average molecular weight is 528 g/mol. The van der Waals surface area contributed by atoms with Gasteiger partial charge in [-0.15, -0.1) is 24.0 Å². The molecule has 1 unspecified atom stereocenters. The van der Waals surface area contributed by atoms with E-state index in [2.05, 4.69) is 27.0 Å². The second-order valence-electron chi connectivity index (χ2n) is 7.46. The fourth-order valence-electron chi connectivity index (χ4n) is 4.03. The monoisotopic (exact) mass is 528 g/mol. The van der Waals surface area contributed by atoms with E-state index in [1.807, 2.05) is 6.07 Å². The number of aliphatic imine (C=N–C) groups is 1. The van der Waals surface area contributed by atoms with Crippen LogP contribution in [0.2, 0.25) is 0 Å². The molecular formula is C21H30FIN6O. The summed E-state index contributed by atoms with van der Waals surface area (Å²) in [5.74, 6) is 0.636. The Bertz CT molecular complexity index is 825. The van der Waals surface area contributed by atoms with E-state index in [1.54, 1.807) is 35.4 Å². The maximum absolute atomic E-state index is 14.5. The van der Waals surface area contributed by atoms with Crippen molar-refractivity contribution in [2.24, 2.45) is 4.99 Å². The van der Waals surface area contributed by atoms with Crippen LogP contribution < -0.4 is 5.32 Å². The van der Waals surface area contributed by atoms with Crippen LogP contribution in [0.3, 0.4) is 0 Å². The molecule has 0 radical (unpaired) electrons. The fraction of sp³-hybridized carbons (Fsp3) is 0.524. The van der Waals surface area contributed by atoms with Gasteiger partial charge in [0, 0.05) is 51.2 Å². The number of nitrogens with one attached hydrogen (secondary N) is 1. The summed E-state index contributed by atoms with van der Waals surface area (Å²) in [6.07, 6.45) is 6.11. The molecule has 0 bridgehead atoms. The lowest BCUT2D eigenvalue weighted by Crippen LogP contribution is -2.46. The topological polar surface area (TPSA) is 57.9 Å². The molecular weight excluding hydrogens is 498 g/mol. The molecule has 30 heavy (non-hydrogen) atoms. The molecule has 2 aromatic rings. The molecule has 0 saturated carbocycles. The molecule has 3 heterocycles. The van der Waals surface area contributed by atoms with Gasteiger partial charge in [0.2, 0.25) is 0 Å². The van der Waals surface area contributed by atoms with Crippen molar-refractivity contribution in [3.8, 4) is 5.69 Å². The Morgan fingerprint density at radius 1 is 1.30 bits per heavy atom. The van der Waals surface area contributed by atoms with Gasteiger partial charge in [-0.05, 0) is 31.0 Å². The van der Waals surface area contributed by atoms with Gasteiger partial charge in [-0.25, -0.2) is 14.4 Å². The maximum atomic E-state index is 14.5. The number of guanidine groups is 1. The number of likely N-dealkylation sites (tertiary alicyclic amines) is 1. The molecule has 2 saturated heterocycles. The molecule has 0 spiro atoms. The minimum atomic E-state index is -0.269. The standard InChI is InChI=1S/C21H29FN6O.HI/c1-2-24-21(27-7-5-18(15-27)26-9-11-29-12-10-26)25-14-17-3-4-20(19(22)13-17)28-8-6-23-16-28;/h3-4,6,8,13,16,18H,2,5,7,9-12,14-15H2,1H3,(H,24,25);1H. The zero-order chi connectivity index (χ0) is 20.1. The summed E-state index contributed by atoms with van der Waals surface area (Å²) in [7, 11) is 0. The average Bonchev–Trinajstić information content (AvgIpc) is 3.44. The van der Waals surface area contributed by atoms with Gasteiger partial charge in [0.15, 0.2) is 5.96 Å². The van der Waals surface area contributed by atoms with Crippen LogP contribution in [0.15, 0.2) is 41.9 Å². The van der Waals surface area contributed by atoms with Gasteiger partial charge in [0.05, 0.1) is 31.8 Å². The van der Waals surface area contributed by atoms with Crippen molar-refractivity contribution in [2.45, 2.75) is 25.9 Å². The molecule has 2 aliphatic rings. The second kappa shape index (κ2) is 11.1. The van der Waals surface area contributed by atoms with Crippen LogP contribution >= 0.6 is 24.0 Å². The van der Waals surface area contributed by atoms with Crippen molar-refractivity contribution in [1.29, 1.82) is 0 Å². The Kier molecular flexibility index (Phi) is 8.46. The predicted molar refractivity (Wildman–Crippen MR) is 126 cm³/mol. The van der Waals surface area contributed by atoms with Crippen LogP contribution in [0.4, 0.5) is 4.39 Å². The van der Waals surface area contributed by atoms with Gasteiger partial charge in [0.1, 0.15) is 5.82 Å². The smallest absolute Gasteiger partial charge is 0.194 e. The summed E-state index contributed by atoms with van der Waals surface area (Å²) in [5.41, 5.74) is 1.35. The van der Waals surface area contributed by atoms with Gasteiger partial charge in [-0.3, -0.25) is 4.90 Å². The fourth-order valence-corrected chi connectivity index (χ4v) is 4.03. The van der Waals surface area contributed by atoms with Crippen molar-refractivity contribution in [3.05, 3.63) is 48.3 Å². The largest absolute Gasteiger partial charge is 0.379 e. The number of morpholine rings is 1. The van der Waals surface area contributed by atoms with Crippen LogP contribution in [-0.4, -0.2) is 77.3 Å². The highest BCUT2D eigenvalue weighted by Gasteiger charge is 2.30. The lowest BCUT2D eigenvalue weighted by molar-refractivity contribution is 0.0195. The quantitative estimate of drug-likeness (QED) is 0.368. The van der Waals surface area contributed by atoms with E-state index in [0.717, 1.165) is 63.9 Å². The highest BCUT2D eigenvalue weighted by molar-refractivity contribution is 14.0. The number of imidazole rings is 1. The Balaban J connectivity index is 0.00000256. The molecule has 1 aromatic heterocycles. The summed E-state index contributed by atoms with van der Waals surface area (Å²) in [6.45, 7) is 8.96. The molecule has 4 rings (SSSR count). The highest BCUT2D eigenvalue weighted by atomic mass is 127. The minimum Gasteiger partial charge on any atom is -0.379 e. The number of aromatic nitrogens is 2.